The van der Waals surface area contributed by atoms with Crippen molar-refractivity contribution < 1.29 is 22.0 Å². The Morgan fingerprint density at radius 3 is 2.08 bits per heavy atom. The fourth-order valence-electron chi connectivity index (χ4n) is 2.27. The quantitative estimate of drug-likeness (QED) is 0.197. The Balaban J connectivity index is 2.21. The Labute approximate surface area is 164 Å². The van der Waals surface area contributed by atoms with Gasteiger partial charge in [-0.15, -0.1) is 0 Å². The van der Waals surface area contributed by atoms with Crippen LogP contribution in [0.3, 0.4) is 0 Å². The van der Waals surface area contributed by atoms with E-state index in [-0.39, 0.29) is 5.39 Å². The van der Waals surface area contributed by atoms with E-state index in [0.717, 1.165) is 14.5 Å². The summed E-state index contributed by atoms with van der Waals surface area (Å²) in [4.78, 5) is 16.6. The monoisotopic (exact) mass is 578 g/mol. The highest BCUT2D eigenvalue weighted by atomic mass is 127. The summed E-state index contributed by atoms with van der Waals surface area (Å²) >= 11 is 3.97. The van der Waals surface area contributed by atoms with Crippen LogP contribution in [0.15, 0.2) is 23.3 Å². The first-order valence-electron chi connectivity index (χ1n) is 6.57. The third kappa shape index (κ3) is 3.13. The molecule has 3 rings (SSSR count). The fraction of sp³-hybridized carbons (Fsp3) is 0.0667. The second-order valence-electron chi connectivity index (χ2n) is 5.01. The van der Waals surface area contributed by atoms with Crippen LogP contribution in [-0.2, 0) is 6.54 Å². The molecule has 130 valence electrons. The molecule has 0 radical (unpaired) electrons. The van der Waals surface area contributed by atoms with E-state index in [1.54, 1.807) is 6.07 Å². The van der Waals surface area contributed by atoms with Gasteiger partial charge in [0.15, 0.2) is 23.3 Å². The highest BCUT2D eigenvalue weighted by Crippen LogP contribution is 2.24. The smallest absolute Gasteiger partial charge is 0.261 e. The minimum absolute atomic E-state index is 0.183. The predicted molar refractivity (Wildman–Crippen MR) is 96.8 cm³/mol. The molecule has 0 aliphatic heterocycles. The SMILES string of the molecule is O=c1c2cc(I)cc(I)c2ncn1Cc1c(F)c(F)c(F)c(F)c1F. The van der Waals surface area contributed by atoms with Gasteiger partial charge in [0, 0.05) is 12.7 Å². The van der Waals surface area contributed by atoms with Crippen molar-refractivity contribution in [3.05, 3.63) is 70.6 Å². The van der Waals surface area contributed by atoms with Crippen LogP contribution in [-0.4, -0.2) is 9.55 Å². The number of nitrogens with zero attached hydrogens (tertiary/aromatic N) is 2. The van der Waals surface area contributed by atoms with Crippen LogP contribution >= 0.6 is 45.2 Å². The van der Waals surface area contributed by atoms with Crippen molar-refractivity contribution in [3.63, 3.8) is 0 Å². The van der Waals surface area contributed by atoms with Crippen molar-refractivity contribution in [3.8, 4) is 0 Å². The average molecular weight is 578 g/mol. The summed E-state index contributed by atoms with van der Waals surface area (Å²) in [6.07, 6.45) is 1.01. The lowest BCUT2D eigenvalue weighted by molar-refractivity contribution is 0.367. The zero-order valence-electron chi connectivity index (χ0n) is 11.9. The first-order chi connectivity index (χ1) is 11.7. The van der Waals surface area contributed by atoms with Crippen LogP contribution in [0, 0.1) is 36.2 Å². The fourth-order valence-corrected chi connectivity index (χ4v) is 4.25. The van der Waals surface area contributed by atoms with E-state index in [4.69, 9.17) is 0 Å². The van der Waals surface area contributed by atoms with Gasteiger partial charge in [0.25, 0.3) is 5.56 Å². The van der Waals surface area contributed by atoms with Crippen LogP contribution in [0.2, 0.25) is 0 Å². The normalized spacial score (nSPS) is 11.3. The second kappa shape index (κ2) is 6.78. The van der Waals surface area contributed by atoms with Crippen molar-refractivity contribution in [2.45, 2.75) is 6.54 Å². The molecule has 0 fully saturated rings. The van der Waals surface area contributed by atoms with Gasteiger partial charge in [-0.2, -0.15) is 0 Å². The molecule has 0 N–H and O–H groups in total. The van der Waals surface area contributed by atoms with Gasteiger partial charge < -0.3 is 0 Å². The second-order valence-corrected chi connectivity index (χ2v) is 7.42. The van der Waals surface area contributed by atoms with Crippen LogP contribution in [0.4, 0.5) is 22.0 Å². The number of fused-ring (bicyclic) bond motifs is 1. The van der Waals surface area contributed by atoms with Crippen LogP contribution in [0.25, 0.3) is 10.9 Å². The minimum atomic E-state index is -2.24. The molecule has 3 nitrogen and oxygen atoms in total. The highest BCUT2D eigenvalue weighted by molar-refractivity contribution is 14.1. The molecule has 1 aromatic heterocycles. The van der Waals surface area contributed by atoms with E-state index < -0.39 is 46.8 Å². The number of hydrogen-bond donors (Lipinski definition) is 0. The van der Waals surface area contributed by atoms with E-state index in [2.05, 4.69) is 4.98 Å². The topological polar surface area (TPSA) is 34.9 Å². The maximum Gasteiger partial charge on any atom is 0.261 e. The summed E-state index contributed by atoms with van der Waals surface area (Å²) in [7, 11) is 0. The van der Waals surface area contributed by atoms with Crippen molar-refractivity contribution in [2.75, 3.05) is 0 Å². The number of hydrogen-bond acceptors (Lipinski definition) is 2. The molecule has 3 aromatic rings. The van der Waals surface area contributed by atoms with Crippen molar-refractivity contribution in [1.29, 1.82) is 0 Å². The zero-order chi connectivity index (χ0) is 18.5. The third-order valence-electron chi connectivity index (χ3n) is 3.47. The van der Waals surface area contributed by atoms with Gasteiger partial charge in [-0.25, -0.2) is 26.9 Å². The number of benzene rings is 2. The number of halogens is 7. The Kier molecular flexibility index (Phi) is 5.01. The molecule has 25 heavy (non-hydrogen) atoms. The Morgan fingerprint density at radius 2 is 1.48 bits per heavy atom. The lowest BCUT2D eigenvalue weighted by Gasteiger charge is -2.11. The molecule has 0 aliphatic rings. The van der Waals surface area contributed by atoms with E-state index in [1.165, 1.54) is 6.07 Å². The number of rotatable bonds is 2. The van der Waals surface area contributed by atoms with E-state index in [9.17, 15) is 26.7 Å². The maximum absolute atomic E-state index is 13.8. The van der Waals surface area contributed by atoms with Crippen molar-refractivity contribution in [2.24, 2.45) is 0 Å². The number of aromatic nitrogens is 2. The van der Waals surface area contributed by atoms with Crippen LogP contribution in [0.1, 0.15) is 5.56 Å². The minimum Gasteiger partial charge on any atom is -0.294 e. The molecule has 0 unspecified atom stereocenters. The van der Waals surface area contributed by atoms with Gasteiger partial charge >= 0.3 is 0 Å². The molecule has 0 amide bonds. The summed E-state index contributed by atoms with van der Waals surface area (Å²) in [5.74, 6) is -10.3. The Hall–Kier alpha value is -1.31. The van der Waals surface area contributed by atoms with Gasteiger partial charge in [0.2, 0.25) is 5.82 Å². The van der Waals surface area contributed by atoms with Crippen molar-refractivity contribution >= 4 is 56.1 Å². The first-order valence-corrected chi connectivity index (χ1v) is 8.72. The summed E-state index contributed by atoms with van der Waals surface area (Å²) in [6, 6.07) is 3.31. The summed E-state index contributed by atoms with van der Waals surface area (Å²) < 4.78 is 69.5. The van der Waals surface area contributed by atoms with E-state index >= 15 is 0 Å². The summed E-state index contributed by atoms with van der Waals surface area (Å²) in [6.45, 7) is -0.838. The third-order valence-corrected chi connectivity index (χ3v) is 4.92. The molecule has 2 aromatic carbocycles. The predicted octanol–water partition coefficient (Wildman–Crippen LogP) is 4.35. The van der Waals surface area contributed by atoms with Gasteiger partial charge in [-0.05, 0) is 57.3 Å². The standard InChI is InChI=1S/C15H5F5I2N2O/c16-9-7(10(17)12(19)13(20)11(9)18)3-24-4-23-14-6(15(24)25)1-5(21)2-8(14)22/h1-2,4H,3H2. The summed E-state index contributed by atoms with van der Waals surface area (Å²) in [5, 5.41) is 0.183. The molecule has 0 saturated carbocycles. The van der Waals surface area contributed by atoms with Gasteiger partial charge in [-0.1, -0.05) is 0 Å². The molecular formula is C15H5F5I2N2O. The molecule has 0 spiro atoms. The molecule has 0 saturated heterocycles. The maximum atomic E-state index is 13.8. The molecule has 10 heteroatoms. The summed E-state index contributed by atoms with van der Waals surface area (Å²) in [5.41, 5.74) is -1.36. The van der Waals surface area contributed by atoms with Gasteiger partial charge in [0.1, 0.15) is 0 Å². The Bertz CT molecular complexity index is 1050. The molecule has 0 bridgehead atoms. The molecule has 0 atom stereocenters. The van der Waals surface area contributed by atoms with E-state index in [0.29, 0.717) is 9.09 Å². The largest absolute Gasteiger partial charge is 0.294 e. The van der Waals surface area contributed by atoms with Gasteiger partial charge in [-0.3, -0.25) is 9.36 Å². The first kappa shape index (κ1) is 18.5. The average Bonchev–Trinajstić information content (AvgIpc) is 2.57. The molecular weight excluding hydrogens is 573 g/mol. The van der Waals surface area contributed by atoms with Crippen LogP contribution in [0.5, 0.6) is 0 Å². The zero-order valence-corrected chi connectivity index (χ0v) is 16.2. The molecule has 0 aliphatic carbocycles. The molecule has 1 heterocycles. The highest BCUT2D eigenvalue weighted by Gasteiger charge is 2.26. The van der Waals surface area contributed by atoms with Gasteiger partial charge in [0.05, 0.1) is 23.8 Å². The van der Waals surface area contributed by atoms with E-state index in [1.807, 2.05) is 45.2 Å². The lowest BCUT2D eigenvalue weighted by atomic mass is 10.1. The van der Waals surface area contributed by atoms with Crippen LogP contribution < -0.4 is 5.56 Å². The Morgan fingerprint density at radius 1 is 0.920 bits per heavy atom. The van der Waals surface area contributed by atoms with Crippen molar-refractivity contribution in [1.82, 2.24) is 9.55 Å². The lowest BCUT2D eigenvalue weighted by Crippen LogP contribution is -2.23.